The van der Waals surface area contributed by atoms with Gasteiger partial charge in [0.25, 0.3) is 0 Å². The fourth-order valence-corrected chi connectivity index (χ4v) is 4.69. The van der Waals surface area contributed by atoms with Crippen LogP contribution in [0.25, 0.3) is 11.4 Å². The molecule has 1 aromatic heterocycles. The van der Waals surface area contributed by atoms with Crippen molar-refractivity contribution in [1.82, 2.24) is 30.4 Å². The molecule has 3 aromatic rings. The van der Waals surface area contributed by atoms with Crippen LogP contribution in [-0.4, -0.2) is 62.7 Å². The van der Waals surface area contributed by atoms with Gasteiger partial charge in [-0.2, -0.15) is 4.80 Å². The highest BCUT2D eigenvalue weighted by molar-refractivity contribution is 5.89. The molecule has 1 saturated carbocycles. The topological polar surface area (TPSA) is 102 Å². The third kappa shape index (κ3) is 7.22. The highest BCUT2D eigenvalue weighted by Crippen LogP contribution is 2.25. The molecule has 1 unspecified atom stereocenters. The first-order valence-electron chi connectivity index (χ1n) is 13.2. The van der Waals surface area contributed by atoms with Gasteiger partial charge in [-0.15, -0.1) is 10.2 Å². The van der Waals surface area contributed by atoms with Crippen molar-refractivity contribution < 1.29 is 18.7 Å². The summed E-state index contributed by atoms with van der Waals surface area (Å²) in [5, 5.41) is 15.7. The average molecular weight is 523 g/mol. The summed E-state index contributed by atoms with van der Waals surface area (Å²) in [5.41, 5.74) is 2.45. The monoisotopic (exact) mass is 522 g/mol. The van der Waals surface area contributed by atoms with Gasteiger partial charge in [0.1, 0.15) is 18.4 Å². The number of benzene rings is 2. The fraction of sp³-hybridized carbons (Fsp3) is 0.464. The summed E-state index contributed by atoms with van der Waals surface area (Å²) in [6.07, 6.45) is 4.47. The molecule has 0 spiro atoms. The summed E-state index contributed by atoms with van der Waals surface area (Å²) >= 11 is 0. The summed E-state index contributed by atoms with van der Waals surface area (Å²) < 4.78 is 19.2. The molecule has 1 aliphatic carbocycles. The van der Waals surface area contributed by atoms with Gasteiger partial charge in [-0.1, -0.05) is 54.8 Å². The van der Waals surface area contributed by atoms with Gasteiger partial charge in [0.2, 0.25) is 17.6 Å². The number of ether oxygens (including phenoxy) is 1. The Morgan fingerprint density at radius 2 is 1.84 bits per heavy atom. The zero-order chi connectivity index (χ0) is 26.9. The molecule has 9 nitrogen and oxygen atoms in total. The number of nitrogens with one attached hydrogen (secondary N) is 1. The molecule has 38 heavy (non-hydrogen) atoms. The molecule has 10 heteroatoms. The second-order valence-electron chi connectivity index (χ2n) is 9.59. The Kier molecular flexibility index (Phi) is 9.53. The SMILES string of the molecule is CCOCCCN(C(=O)Cn1nnc(-c2ccc(C)cc2)n1)C(C(=O)NC1CCCC1)c1ccc(F)cc1. The van der Waals surface area contributed by atoms with Crippen molar-refractivity contribution in [1.29, 1.82) is 0 Å². The number of halogens is 1. The molecule has 1 fully saturated rings. The van der Waals surface area contributed by atoms with Gasteiger partial charge in [0.15, 0.2) is 0 Å². The highest BCUT2D eigenvalue weighted by atomic mass is 19.1. The predicted molar refractivity (Wildman–Crippen MR) is 140 cm³/mol. The number of carbonyl (C=O) groups excluding carboxylic acids is 2. The Morgan fingerprint density at radius 1 is 1.13 bits per heavy atom. The Morgan fingerprint density at radius 3 is 2.53 bits per heavy atom. The summed E-state index contributed by atoms with van der Waals surface area (Å²) in [6.45, 7) is 4.98. The number of carbonyl (C=O) groups is 2. The lowest BCUT2D eigenvalue weighted by Gasteiger charge is -2.32. The van der Waals surface area contributed by atoms with Crippen molar-refractivity contribution in [3.8, 4) is 11.4 Å². The van der Waals surface area contributed by atoms with Crippen LogP contribution >= 0.6 is 0 Å². The van der Waals surface area contributed by atoms with E-state index < -0.39 is 11.9 Å². The first-order chi connectivity index (χ1) is 18.4. The molecule has 1 N–H and O–H groups in total. The van der Waals surface area contributed by atoms with E-state index in [0.717, 1.165) is 36.8 Å². The van der Waals surface area contributed by atoms with Crippen molar-refractivity contribution in [2.75, 3.05) is 19.8 Å². The first-order valence-corrected chi connectivity index (χ1v) is 13.2. The van der Waals surface area contributed by atoms with Gasteiger partial charge in [0, 0.05) is 31.4 Å². The minimum absolute atomic E-state index is 0.0693. The van der Waals surface area contributed by atoms with Crippen molar-refractivity contribution >= 4 is 11.8 Å². The molecule has 0 bridgehead atoms. The maximum absolute atomic E-state index is 13.8. The fourth-order valence-electron chi connectivity index (χ4n) is 4.69. The molecule has 1 aliphatic rings. The Labute approximate surface area is 222 Å². The second-order valence-corrected chi connectivity index (χ2v) is 9.59. The summed E-state index contributed by atoms with van der Waals surface area (Å²) in [4.78, 5) is 30.1. The average Bonchev–Trinajstić information content (AvgIpc) is 3.59. The number of hydrogen-bond donors (Lipinski definition) is 1. The summed E-state index contributed by atoms with van der Waals surface area (Å²) in [7, 11) is 0. The first kappa shape index (κ1) is 27.4. The van der Waals surface area contributed by atoms with E-state index in [-0.39, 0.29) is 30.9 Å². The molecular formula is C28H35FN6O3. The highest BCUT2D eigenvalue weighted by Gasteiger charge is 2.33. The van der Waals surface area contributed by atoms with E-state index in [1.54, 1.807) is 12.1 Å². The van der Waals surface area contributed by atoms with Gasteiger partial charge < -0.3 is 15.0 Å². The van der Waals surface area contributed by atoms with Crippen LogP contribution in [0, 0.1) is 12.7 Å². The predicted octanol–water partition coefficient (Wildman–Crippen LogP) is 3.84. The van der Waals surface area contributed by atoms with E-state index in [1.807, 2.05) is 38.1 Å². The standard InChI is InChI=1S/C28H35FN6O3/c1-3-38-18-6-17-34(25(36)19-35-32-27(31-33-35)22-11-9-20(2)10-12-22)26(21-13-15-23(29)16-14-21)28(37)30-24-7-4-5-8-24/h9-16,24,26H,3-8,17-19H2,1-2H3,(H,30,37). The van der Waals surface area contributed by atoms with Crippen LogP contribution in [0.2, 0.25) is 0 Å². The summed E-state index contributed by atoms with van der Waals surface area (Å²) in [5.74, 6) is -0.617. The maximum atomic E-state index is 13.8. The quantitative estimate of drug-likeness (QED) is 0.363. The molecule has 202 valence electrons. The lowest BCUT2D eigenvalue weighted by atomic mass is 10.0. The Bertz CT molecular complexity index is 1190. The van der Waals surface area contributed by atoms with Crippen molar-refractivity contribution in [3.05, 3.63) is 65.5 Å². The largest absolute Gasteiger partial charge is 0.382 e. The van der Waals surface area contributed by atoms with Crippen LogP contribution in [0.1, 0.15) is 56.2 Å². The number of tetrazole rings is 1. The van der Waals surface area contributed by atoms with Gasteiger partial charge in [-0.3, -0.25) is 9.59 Å². The number of nitrogens with zero attached hydrogens (tertiary/aromatic N) is 5. The lowest BCUT2D eigenvalue weighted by Crippen LogP contribution is -2.47. The third-order valence-corrected chi connectivity index (χ3v) is 6.70. The molecule has 2 aromatic carbocycles. The summed E-state index contributed by atoms with van der Waals surface area (Å²) in [6, 6.07) is 12.6. The molecule has 0 aliphatic heterocycles. The van der Waals surface area contributed by atoms with Crippen LogP contribution in [-0.2, 0) is 20.9 Å². The minimum atomic E-state index is -0.926. The van der Waals surface area contributed by atoms with Crippen LogP contribution in [0.3, 0.4) is 0 Å². The van der Waals surface area contributed by atoms with E-state index >= 15 is 0 Å². The van der Waals surface area contributed by atoms with Gasteiger partial charge >= 0.3 is 0 Å². The number of rotatable bonds is 12. The van der Waals surface area contributed by atoms with Crippen LogP contribution in [0.15, 0.2) is 48.5 Å². The molecule has 4 rings (SSSR count). The lowest BCUT2D eigenvalue weighted by molar-refractivity contribution is -0.142. The number of aryl methyl sites for hydroxylation is 1. The van der Waals surface area contributed by atoms with Crippen molar-refractivity contribution in [3.63, 3.8) is 0 Å². The van der Waals surface area contributed by atoms with Crippen LogP contribution in [0.4, 0.5) is 4.39 Å². The Balaban J connectivity index is 1.58. The zero-order valence-electron chi connectivity index (χ0n) is 22.0. The van der Waals surface area contributed by atoms with Gasteiger partial charge in [-0.25, -0.2) is 4.39 Å². The number of amides is 2. The second kappa shape index (κ2) is 13.2. The van der Waals surface area contributed by atoms with E-state index in [1.165, 1.54) is 21.8 Å². The van der Waals surface area contributed by atoms with Crippen LogP contribution in [0.5, 0.6) is 0 Å². The van der Waals surface area contributed by atoms with Crippen molar-refractivity contribution in [2.45, 2.75) is 64.6 Å². The molecule has 1 heterocycles. The van der Waals surface area contributed by atoms with Gasteiger partial charge in [0.05, 0.1) is 0 Å². The molecular weight excluding hydrogens is 487 g/mol. The zero-order valence-corrected chi connectivity index (χ0v) is 22.0. The van der Waals surface area contributed by atoms with Crippen LogP contribution < -0.4 is 5.32 Å². The van der Waals surface area contributed by atoms with Gasteiger partial charge in [-0.05, 0) is 56.0 Å². The number of aromatic nitrogens is 4. The smallest absolute Gasteiger partial charge is 0.247 e. The molecule has 2 amide bonds. The molecule has 0 saturated heterocycles. The number of hydrogen-bond acceptors (Lipinski definition) is 6. The van der Waals surface area contributed by atoms with E-state index in [4.69, 9.17) is 4.74 Å². The molecule has 0 radical (unpaired) electrons. The Hall–Kier alpha value is -3.66. The minimum Gasteiger partial charge on any atom is -0.382 e. The van der Waals surface area contributed by atoms with E-state index in [0.29, 0.717) is 31.0 Å². The molecule has 1 atom stereocenters. The maximum Gasteiger partial charge on any atom is 0.247 e. The normalized spacial score (nSPS) is 14.4. The third-order valence-electron chi connectivity index (χ3n) is 6.70. The van der Waals surface area contributed by atoms with E-state index in [9.17, 15) is 14.0 Å². The van der Waals surface area contributed by atoms with E-state index in [2.05, 4.69) is 20.7 Å². The van der Waals surface area contributed by atoms with Crippen molar-refractivity contribution in [2.24, 2.45) is 0 Å².